The van der Waals surface area contributed by atoms with E-state index < -0.39 is 20.0 Å². The van der Waals surface area contributed by atoms with Crippen LogP contribution in [0.25, 0.3) is 0 Å². The summed E-state index contributed by atoms with van der Waals surface area (Å²) in [6.45, 7) is 9.39. The Morgan fingerprint density at radius 3 is 1.54 bits per heavy atom. The summed E-state index contributed by atoms with van der Waals surface area (Å²) >= 11 is 12.4. The number of piperidine rings is 2. The Labute approximate surface area is 348 Å². The lowest BCUT2D eigenvalue weighted by Crippen LogP contribution is -2.34. The topological polar surface area (TPSA) is 116 Å². The number of nitrogens with zero attached hydrogens (tertiary/aromatic N) is 2. The van der Waals surface area contributed by atoms with Gasteiger partial charge in [0.2, 0.25) is 26.0 Å². The Hall–Kier alpha value is -3.61. The van der Waals surface area contributed by atoms with Gasteiger partial charge in [-0.05, 0) is 108 Å². The molecule has 0 aromatic heterocycles. The van der Waals surface area contributed by atoms with Gasteiger partial charge in [-0.15, -0.1) is 0 Å². The van der Waals surface area contributed by atoms with Crippen molar-refractivity contribution in [1.82, 2.24) is 9.80 Å². The van der Waals surface area contributed by atoms with Gasteiger partial charge in [-0.1, -0.05) is 97.7 Å². The predicted molar refractivity (Wildman–Crippen MR) is 231 cm³/mol. The molecule has 2 aliphatic heterocycles. The number of benzene rings is 4. The Balaban J connectivity index is 0.000000174. The van der Waals surface area contributed by atoms with Gasteiger partial charge in [-0.3, -0.25) is 14.2 Å². The molecule has 4 aliphatic rings. The van der Waals surface area contributed by atoms with Gasteiger partial charge in [-0.2, -0.15) is 0 Å². The number of sulfonamides is 2. The molecule has 13 heteroatoms. The van der Waals surface area contributed by atoms with Gasteiger partial charge in [0.1, 0.15) is 0 Å². The number of fused-ring (bicyclic) bond motifs is 2. The Morgan fingerprint density at radius 1 is 0.649 bits per heavy atom. The first-order chi connectivity index (χ1) is 27.0. The number of nitrogens with one attached hydrogen (secondary N) is 2. The molecule has 2 saturated carbocycles. The van der Waals surface area contributed by atoms with Crippen molar-refractivity contribution in [2.75, 3.05) is 54.7 Å². The molecule has 4 aromatic carbocycles. The zero-order valence-corrected chi connectivity index (χ0v) is 36.1. The summed E-state index contributed by atoms with van der Waals surface area (Å²) < 4.78 is 51.2. The zero-order valence-electron chi connectivity index (χ0n) is 32.9. The van der Waals surface area contributed by atoms with Crippen LogP contribution in [-0.2, 0) is 48.5 Å². The number of amides is 1. The van der Waals surface area contributed by atoms with Crippen molar-refractivity contribution in [3.8, 4) is 0 Å². The minimum absolute atomic E-state index is 0.00525. The van der Waals surface area contributed by atoms with Crippen LogP contribution in [0.4, 0.5) is 11.4 Å². The van der Waals surface area contributed by atoms with Crippen molar-refractivity contribution in [1.29, 1.82) is 0 Å². The van der Waals surface area contributed by atoms with Crippen LogP contribution in [0.3, 0.4) is 0 Å². The highest BCUT2D eigenvalue weighted by Crippen LogP contribution is 2.64. The average molecular weight is 852 g/mol. The fourth-order valence-electron chi connectivity index (χ4n) is 9.64. The van der Waals surface area contributed by atoms with Gasteiger partial charge >= 0.3 is 0 Å². The average Bonchev–Trinajstić information content (AvgIpc) is 3.62. The van der Waals surface area contributed by atoms with Crippen LogP contribution in [0, 0.1) is 23.7 Å². The third-order valence-corrected chi connectivity index (χ3v) is 14.9. The summed E-state index contributed by atoms with van der Waals surface area (Å²) in [5, 5.41) is 1.57. The first-order valence-electron chi connectivity index (χ1n) is 19.6. The first kappa shape index (κ1) is 41.5. The number of carbonyl (C=O) groups is 1. The molecule has 4 aromatic rings. The van der Waals surface area contributed by atoms with E-state index in [2.05, 4.69) is 46.4 Å². The van der Waals surface area contributed by atoms with Gasteiger partial charge in [-0.25, -0.2) is 16.8 Å². The van der Waals surface area contributed by atoms with E-state index in [9.17, 15) is 21.6 Å². The van der Waals surface area contributed by atoms with Crippen LogP contribution < -0.4 is 9.44 Å². The molecule has 4 atom stereocenters. The molecule has 2 aliphatic carbocycles. The number of anilines is 2. The normalized spacial score (nSPS) is 26.2. The van der Waals surface area contributed by atoms with Gasteiger partial charge < -0.3 is 9.80 Å². The second kappa shape index (κ2) is 16.2. The Morgan fingerprint density at radius 2 is 1.09 bits per heavy atom. The molecule has 0 spiro atoms. The third kappa shape index (κ3) is 9.33. The molecule has 4 fully saturated rings. The summed E-state index contributed by atoms with van der Waals surface area (Å²) in [6.07, 6.45) is 5.59. The number of carbonyl (C=O) groups excluding carboxylic acids is 1. The second-order valence-electron chi connectivity index (χ2n) is 16.7. The van der Waals surface area contributed by atoms with Crippen LogP contribution in [0.15, 0.2) is 97.1 Å². The summed E-state index contributed by atoms with van der Waals surface area (Å²) in [7, 11) is -6.55. The molecule has 2 heterocycles. The summed E-state index contributed by atoms with van der Waals surface area (Å²) in [5.41, 5.74) is 6.01. The highest BCUT2D eigenvalue weighted by Gasteiger charge is 2.66. The monoisotopic (exact) mass is 850 g/mol. The number of likely N-dealkylation sites (tertiary alicyclic amines) is 2. The number of hydrogen-bond acceptors (Lipinski definition) is 6. The van der Waals surface area contributed by atoms with E-state index in [4.69, 9.17) is 23.2 Å². The van der Waals surface area contributed by atoms with Crippen molar-refractivity contribution in [2.45, 2.75) is 50.4 Å². The molecule has 9 nitrogen and oxygen atoms in total. The van der Waals surface area contributed by atoms with Gasteiger partial charge in [0.05, 0.1) is 12.5 Å². The summed E-state index contributed by atoms with van der Waals surface area (Å²) in [4.78, 5) is 17.2. The quantitative estimate of drug-likeness (QED) is 0.142. The van der Waals surface area contributed by atoms with E-state index in [0.717, 1.165) is 68.0 Å². The van der Waals surface area contributed by atoms with E-state index in [1.165, 1.54) is 17.4 Å². The number of halogens is 2. The van der Waals surface area contributed by atoms with Crippen LogP contribution >= 0.6 is 23.2 Å². The standard InChI is InChI=1S/C22H25ClN2O3S.C22H27ClN2O2S/c1-22(16-7-5-8-17(12-16)24-29(2,27)28)18-13-25(14-19(18)22)21(26)11-10-15-6-3-4-9-20(15)23;1-22(17-9-5-10-18(13-17)24-28(2,26)27)19-14-25(15-20(19)22)12-6-8-16-7-3-4-11-21(16)23/h3-9,12,18-19,24H,10-11,13-14H2,1-2H3;3-5,7,9-11,13,19-20,24H,6,8,12,14-15H2,1-2H3. The van der Waals surface area contributed by atoms with Gasteiger partial charge in [0.15, 0.2) is 0 Å². The predicted octanol–water partition coefficient (Wildman–Crippen LogP) is 7.85. The van der Waals surface area contributed by atoms with E-state index in [-0.39, 0.29) is 16.7 Å². The number of rotatable bonds is 13. The smallest absolute Gasteiger partial charge is 0.229 e. The molecule has 0 radical (unpaired) electrons. The van der Waals surface area contributed by atoms with Crippen molar-refractivity contribution in [2.24, 2.45) is 23.7 Å². The molecule has 1 amide bonds. The van der Waals surface area contributed by atoms with Gasteiger partial charge in [0, 0.05) is 64.8 Å². The molecule has 2 N–H and O–H groups in total. The van der Waals surface area contributed by atoms with Crippen LogP contribution in [0.2, 0.25) is 10.0 Å². The fraction of sp³-hybridized carbons (Fsp3) is 0.432. The van der Waals surface area contributed by atoms with Crippen LogP contribution in [0.5, 0.6) is 0 Å². The van der Waals surface area contributed by atoms with Crippen molar-refractivity contribution >= 4 is 60.5 Å². The molecule has 4 unspecified atom stereocenters. The largest absolute Gasteiger partial charge is 0.342 e. The van der Waals surface area contributed by atoms with E-state index >= 15 is 0 Å². The SMILES string of the molecule is CC1(c2cccc(NS(C)(=O)=O)c2)C2CN(C(=O)CCc3ccccc3Cl)CC21.CC1(c2cccc(NS(C)(=O)=O)c2)C2CN(CCCc3ccccc3Cl)CC21. The number of aryl methyl sites for hydroxylation is 2. The van der Waals surface area contributed by atoms with Crippen LogP contribution in [0.1, 0.15) is 48.9 Å². The van der Waals surface area contributed by atoms with Gasteiger partial charge in [0.25, 0.3) is 0 Å². The maximum absolute atomic E-state index is 12.7. The molecule has 57 heavy (non-hydrogen) atoms. The fourth-order valence-corrected chi connectivity index (χ4v) is 11.2. The van der Waals surface area contributed by atoms with E-state index in [0.29, 0.717) is 52.9 Å². The summed E-state index contributed by atoms with van der Waals surface area (Å²) in [5.74, 6) is 2.31. The van der Waals surface area contributed by atoms with E-state index in [1.54, 1.807) is 6.07 Å². The molecular weight excluding hydrogens is 800 g/mol. The summed E-state index contributed by atoms with van der Waals surface area (Å²) in [6, 6.07) is 31.2. The van der Waals surface area contributed by atoms with E-state index in [1.807, 2.05) is 77.7 Å². The first-order valence-corrected chi connectivity index (χ1v) is 24.1. The minimum Gasteiger partial charge on any atom is -0.342 e. The van der Waals surface area contributed by atoms with Crippen molar-refractivity contribution in [3.63, 3.8) is 0 Å². The zero-order chi connectivity index (χ0) is 40.8. The highest BCUT2D eigenvalue weighted by atomic mass is 35.5. The Bertz CT molecular complexity index is 2330. The number of hydrogen-bond donors (Lipinski definition) is 2. The lowest BCUT2D eigenvalue weighted by molar-refractivity contribution is -0.130. The van der Waals surface area contributed by atoms with Crippen molar-refractivity contribution in [3.05, 3.63) is 129 Å². The highest BCUT2D eigenvalue weighted by molar-refractivity contribution is 7.92. The van der Waals surface area contributed by atoms with Crippen LogP contribution in [-0.4, -0.2) is 77.8 Å². The third-order valence-electron chi connectivity index (χ3n) is 13.0. The molecular formula is C44H52Cl2N4O5S2. The minimum atomic E-state index is -3.30. The maximum Gasteiger partial charge on any atom is 0.229 e. The lowest BCUT2D eigenvalue weighted by Gasteiger charge is -2.25. The lowest BCUT2D eigenvalue weighted by atomic mass is 9.92. The molecule has 2 saturated heterocycles. The van der Waals surface area contributed by atoms with Crippen molar-refractivity contribution < 1.29 is 21.6 Å². The molecule has 304 valence electrons. The maximum atomic E-state index is 12.7. The molecule has 8 rings (SSSR count). The second-order valence-corrected chi connectivity index (χ2v) is 21.1. The Kier molecular flexibility index (Phi) is 11.8. The molecule has 0 bridgehead atoms.